The fourth-order valence-electron chi connectivity index (χ4n) is 3.18. The lowest BCUT2D eigenvalue weighted by Gasteiger charge is -2.08. The Morgan fingerprint density at radius 1 is 0.704 bits per heavy atom. The number of benzene rings is 4. The second-order valence-electron chi connectivity index (χ2n) is 5.71. The van der Waals surface area contributed by atoms with Crippen molar-refractivity contribution >= 4 is 55.3 Å². The third-order valence-corrected chi connectivity index (χ3v) is 4.46. The maximum Gasteiger partial charge on any atom is 0.159 e. The summed E-state index contributed by atoms with van der Waals surface area (Å²) in [7, 11) is 0. The predicted octanol–water partition coefficient (Wildman–Crippen LogP) is 7.34. The Bertz CT molecular complexity index is 2140. The third kappa shape index (κ3) is 2.02. The molecule has 0 fully saturated rings. The minimum atomic E-state index is -0.695. The summed E-state index contributed by atoms with van der Waals surface area (Å²) < 4.78 is 125. The first-order chi connectivity index (χ1) is 19.1. The van der Waals surface area contributed by atoms with Crippen molar-refractivity contribution in [3.05, 3.63) is 89.6 Å². The maximum absolute atomic E-state index is 8.82. The van der Waals surface area contributed by atoms with Crippen LogP contribution < -0.4 is 0 Å². The van der Waals surface area contributed by atoms with Gasteiger partial charge in [-0.05, 0) is 30.2 Å². The van der Waals surface area contributed by atoms with Crippen LogP contribution in [0.15, 0.2) is 89.0 Å². The highest BCUT2D eigenvalue weighted by atomic mass is 35.5. The number of nitrogens with zero attached hydrogens (tertiary/aromatic N) is 1. The Balaban J connectivity index is 2.03. The predicted molar refractivity (Wildman–Crippen MR) is 113 cm³/mol. The van der Waals surface area contributed by atoms with Gasteiger partial charge in [0.1, 0.15) is 5.58 Å². The minimum Gasteiger partial charge on any atom is -0.454 e. The van der Waals surface area contributed by atoms with Gasteiger partial charge in [-0.15, -0.1) is 0 Å². The van der Waals surface area contributed by atoms with Crippen LogP contribution in [-0.4, -0.2) is 4.57 Å². The zero-order valence-corrected chi connectivity index (χ0v) is 14.0. The summed E-state index contributed by atoms with van der Waals surface area (Å²) in [6, 6.07) is -8.67. The molecule has 0 radical (unpaired) electrons. The van der Waals surface area contributed by atoms with E-state index in [1.807, 2.05) is 0 Å². The lowest BCUT2D eigenvalue weighted by Crippen LogP contribution is -1.93. The summed E-state index contributed by atoms with van der Waals surface area (Å²) in [4.78, 5) is 0. The van der Waals surface area contributed by atoms with Gasteiger partial charge < -0.3 is 8.98 Å². The number of halogens is 1. The van der Waals surface area contributed by atoms with Crippen LogP contribution in [0.4, 0.5) is 0 Å². The molecule has 2 heterocycles. The van der Waals surface area contributed by atoms with Crippen molar-refractivity contribution in [3.8, 4) is 5.69 Å². The molecule has 3 heteroatoms. The van der Waals surface area contributed by atoms with E-state index in [2.05, 4.69) is 0 Å². The van der Waals surface area contributed by atoms with E-state index in [1.54, 1.807) is 0 Å². The topological polar surface area (TPSA) is 18.1 Å². The molecule has 6 rings (SSSR count). The van der Waals surface area contributed by atoms with Gasteiger partial charge in [0.05, 0.1) is 35.9 Å². The monoisotopic (exact) mass is 381 g/mol. The van der Waals surface area contributed by atoms with Crippen molar-refractivity contribution in [2.45, 2.75) is 0 Å². The van der Waals surface area contributed by atoms with E-state index in [0.717, 1.165) is 4.57 Å². The molecule has 0 aliphatic rings. The highest BCUT2D eigenvalue weighted by molar-refractivity contribution is 6.31. The van der Waals surface area contributed by atoms with Crippen molar-refractivity contribution in [1.82, 2.24) is 4.57 Å². The van der Waals surface area contributed by atoms with E-state index >= 15 is 0 Å². The zero-order chi connectivity index (χ0) is 30.1. The first-order valence-corrected chi connectivity index (χ1v) is 8.15. The van der Waals surface area contributed by atoms with E-state index in [1.165, 1.54) is 0 Å². The molecule has 27 heavy (non-hydrogen) atoms. The molecular weight excluding hydrogens is 354 g/mol. The van der Waals surface area contributed by atoms with Crippen LogP contribution in [0.3, 0.4) is 0 Å². The zero-order valence-electron chi connectivity index (χ0n) is 27.2. The molecule has 0 aliphatic heterocycles. The normalized spacial score (nSPS) is 19.1. The molecule has 0 spiro atoms. The molecule has 0 aliphatic carbocycles. The van der Waals surface area contributed by atoms with E-state index in [0.29, 0.717) is 0 Å². The van der Waals surface area contributed by atoms with Crippen molar-refractivity contribution < 1.29 is 23.6 Å². The van der Waals surface area contributed by atoms with Gasteiger partial charge in [-0.25, -0.2) is 0 Å². The Labute approximate surface area is 179 Å². The second-order valence-corrected chi connectivity index (χ2v) is 6.08. The number of fused-ring (bicyclic) bond motifs is 6. The molecule has 0 saturated heterocycles. The Morgan fingerprint density at radius 3 is 2.11 bits per heavy atom. The average molecular weight is 382 g/mol. The van der Waals surface area contributed by atoms with Gasteiger partial charge in [-0.1, -0.05) is 59.9 Å². The number of para-hydroxylation sites is 3. The number of aromatic nitrogens is 1. The molecule has 2 aromatic heterocycles. The second kappa shape index (κ2) is 5.38. The van der Waals surface area contributed by atoms with E-state index < -0.39 is 95.3 Å². The van der Waals surface area contributed by atoms with Gasteiger partial charge >= 0.3 is 0 Å². The molecule has 4 aromatic carbocycles. The third-order valence-electron chi connectivity index (χ3n) is 4.27. The number of hydrogen-bond acceptors (Lipinski definition) is 1. The lowest BCUT2D eigenvalue weighted by molar-refractivity contribution is 0.666. The van der Waals surface area contributed by atoms with Crippen LogP contribution in [0.25, 0.3) is 49.4 Å². The van der Waals surface area contributed by atoms with E-state index in [-0.39, 0.29) is 43.7 Å². The van der Waals surface area contributed by atoms with Crippen LogP contribution in [0, 0.1) is 0 Å². The Hall–Kier alpha value is -3.23. The van der Waals surface area contributed by atoms with Gasteiger partial charge in [0.15, 0.2) is 5.58 Å². The van der Waals surface area contributed by atoms with Gasteiger partial charge in [-0.3, -0.25) is 0 Å². The molecule has 0 saturated carbocycles. The molecule has 0 bridgehead atoms. The summed E-state index contributed by atoms with van der Waals surface area (Å²) in [6.45, 7) is 0. The number of rotatable bonds is 1. The molecule has 0 unspecified atom stereocenters. The van der Waals surface area contributed by atoms with Gasteiger partial charge in [0, 0.05) is 32.6 Å². The van der Waals surface area contributed by atoms with Crippen LogP contribution in [0.5, 0.6) is 0 Å². The quantitative estimate of drug-likeness (QED) is 0.291. The molecule has 0 N–H and O–H groups in total. The van der Waals surface area contributed by atoms with Crippen molar-refractivity contribution in [2.24, 2.45) is 0 Å². The Morgan fingerprint density at radius 2 is 1.37 bits per heavy atom. The molecule has 2 nitrogen and oxygen atoms in total. The summed E-state index contributed by atoms with van der Waals surface area (Å²) in [6.07, 6.45) is 0. The fraction of sp³-hybridized carbons (Fsp3) is 0. The van der Waals surface area contributed by atoms with Crippen molar-refractivity contribution in [1.29, 1.82) is 0 Å². The summed E-state index contributed by atoms with van der Waals surface area (Å²) in [5.41, 5.74) is -1.76. The summed E-state index contributed by atoms with van der Waals surface area (Å²) >= 11 is 6.08. The summed E-state index contributed by atoms with van der Waals surface area (Å²) in [5, 5.41) is -1.38. The van der Waals surface area contributed by atoms with Gasteiger partial charge in [0.2, 0.25) is 0 Å². The summed E-state index contributed by atoms with van der Waals surface area (Å²) in [5.74, 6) is 0. The number of hydrogen-bond donors (Lipinski definition) is 0. The average Bonchev–Trinajstić information content (AvgIpc) is 3.51. The highest BCUT2D eigenvalue weighted by Crippen LogP contribution is 2.38. The molecule has 0 amide bonds. The lowest BCUT2D eigenvalue weighted by atomic mass is 10.1. The van der Waals surface area contributed by atoms with E-state index in [4.69, 9.17) is 35.2 Å². The molecule has 6 aromatic rings. The SMILES string of the molecule is [2H]c1c([2H])c([2H])c2c(oc3c([2H])c(Cl)c([2H])c([2H])c32)c1-n1c2c([2H])c([2H])c([2H])c([2H])c2c2c([2H])c([2H])c([2H])c([2H])c21. The van der Waals surface area contributed by atoms with Gasteiger partial charge in [0.25, 0.3) is 0 Å². The standard InChI is InChI=1S/C24H14ClNO/c25-15-12-13-18-19-8-5-11-22(24(19)27-23(18)14-15)26-20-9-3-1-6-16(20)17-7-2-4-10-21(17)26/h1-14H/i1D,2D,3D,4D,5D,6D,7D,8D,9D,10D,11D,12D,13D,14D. The van der Waals surface area contributed by atoms with Crippen LogP contribution >= 0.6 is 11.6 Å². The number of furan rings is 1. The van der Waals surface area contributed by atoms with Crippen LogP contribution in [0.2, 0.25) is 5.02 Å². The largest absolute Gasteiger partial charge is 0.454 e. The maximum atomic E-state index is 8.82. The first-order valence-electron chi connectivity index (χ1n) is 14.8. The highest BCUT2D eigenvalue weighted by Gasteiger charge is 2.16. The molecule has 128 valence electrons. The van der Waals surface area contributed by atoms with Crippen molar-refractivity contribution in [3.63, 3.8) is 0 Å². The fourth-order valence-corrected chi connectivity index (χ4v) is 3.32. The van der Waals surface area contributed by atoms with Crippen LogP contribution in [0.1, 0.15) is 19.2 Å². The minimum absolute atomic E-state index is 0.205. The molecule has 0 atom stereocenters. The smallest absolute Gasteiger partial charge is 0.159 e. The first kappa shape index (κ1) is 6.74. The Kier molecular flexibility index (Phi) is 1.34. The van der Waals surface area contributed by atoms with E-state index in [9.17, 15) is 0 Å². The van der Waals surface area contributed by atoms with Crippen molar-refractivity contribution in [2.75, 3.05) is 0 Å². The van der Waals surface area contributed by atoms with Gasteiger partial charge in [-0.2, -0.15) is 0 Å². The van der Waals surface area contributed by atoms with Crippen LogP contribution in [-0.2, 0) is 0 Å². The molecular formula is C24H14ClNO.